The van der Waals surface area contributed by atoms with Gasteiger partial charge in [-0.1, -0.05) is 41.6 Å². The van der Waals surface area contributed by atoms with Crippen LogP contribution in [-0.2, 0) is 4.79 Å². The predicted octanol–water partition coefficient (Wildman–Crippen LogP) is 4.92. The fourth-order valence-corrected chi connectivity index (χ4v) is 3.82. The third-order valence-corrected chi connectivity index (χ3v) is 5.38. The summed E-state index contributed by atoms with van der Waals surface area (Å²) in [5, 5.41) is 12.4. The molecule has 7 nitrogen and oxygen atoms in total. The number of anilines is 1. The van der Waals surface area contributed by atoms with Gasteiger partial charge in [0.25, 0.3) is 0 Å². The van der Waals surface area contributed by atoms with Crippen molar-refractivity contribution in [1.29, 1.82) is 0 Å². The molecule has 2 heterocycles. The maximum Gasteiger partial charge on any atom is 0.234 e. The van der Waals surface area contributed by atoms with Crippen LogP contribution < -0.4 is 10.1 Å². The summed E-state index contributed by atoms with van der Waals surface area (Å²) in [6, 6.07) is 18.4. The average molecular weight is 441 g/mol. The van der Waals surface area contributed by atoms with E-state index in [2.05, 4.69) is 15.5 Å². The second-order valence-electron chi connectivity index (χ2n) is 6.14. The van der Waals surface area contributed by atoms with E-state index in [4.69, 9.17) is 20.8 Å². The van der Waals surface area contributed by atoms with Gasteiger partial charge in [0.15, 0.2) is 10.9 Å². The molecule has 0 fully saturated rings. The number of thioether (sulfide) groups is 1. The fourth-order valence-electron chi connectivity index (χ4n) is 2.81. The number of methoxy groups -OCH3 is 1. The SMILES string of the molecule is COc1ccc(NC(=O)CSc2nnc(-c3ccco3)n2-c2ccccc2)cc1Cl. The lowest BCUT2D eigenvalue weighted by atomic mass is 10.3. The van der Waals surface area contributed by atoms with E-state index in [0.29, 0.717) is 33.2 Å². The number of carbonyl (C=O) groups excluding carboxylic acids is 1. The molecule has 2 aromatic heterocycles. The Balaban J connectivity index is 1.52. The van der Waals surface area contributed by atoms with Gasteiger partial charge in [-0.15, -0.1) is 10.2 Å². The quantitative estimate of drug-likeness (QED) is 0.411. The number of furan rings is 1. The first-order chi connectivity index (χ1) is 14.7. The zero-order chi connectivity index (χ0) is 20.9. The molecule has 0 radical (unpaired) electrons. The Hall–Kier alpha value is -3.23. The van der Waals surface area contributed by atoms with Crippen molar-refractivity contribution < 1.29 is 13.9 Å². The summed E-state index contributed by atoms with van der Waals surface area (Å²) in [4.78, 5) is 12.5. The van der Waals surface area contributed by atoms with Gasteiger partial charge in [-0.25, -0.2) is 0 Å². The second kappa shape index (κ2) is 9.06. The van der Waals surface area contributed by atoms with E-state index >= 15 is 0 Å². The third kappa shape index (κ3) is 4.34. The smallest absolute Gasteiger partial charge is 0.234 e. The number of amides is 1. The Labute approximate surface area is 182 Å². The molecule has 4 aromatic rings. The molecule has 9 heteroatoms. The first-order valence-corrected chi connectivity index (χ1v) is 10.3. The van der Waals surface area contributed by atoms with Crippen LogP contribution in [0, 0.1) is 0 Å². The monoisotopic (exact) mass is 440 g/mol. The van der Waals surface area contributed by atoms with Crippen molar-refractivity contribution in [2.75, 3.05) is 18.2 Å². The number of halogens is 1. The molecular formula is C21H17ClN4O3S. The Bertz CT molecular complexity index is 1150. The average Bonchev–Trinajstić information content (AvgIpc) is 3.43. The molecule has 0 spiro atoms. The number of rotatable bonds is 7. The number of nitrogens with zero attached hydrogens (tertiary/aromatic N) is 3. The Morgan fingerprint density at radius 3 is 2.70 bits per heavy atom. The van der Waals surface area contributed by atoms with E-state index in [1.165, 1.54) is 18.9 Å². The van der Waals surface area contributed by atoms with Crippen LogP contribution in [0.3, 0.4) is 0 Å². The van der Waals surface area contributed by atoms with Crippen LogP contribution in [0.1, 0.15) is 0 Å². The van der Waals surface area contributed by atoms with Gasteiger partial charge >= 0.3 is 0 Å². The summed E-state index contributed by atoms with van der Waals surface area (Å²) in [5.74, 6) is 1.66. The van der Waals surface area contributed by atoms with Gasteiger partial charge in [0.05, 0.1) is 24.1 Å². The predicted molar refractivity (Wildman–Crippen MR) is 116 cm³/mol. The zero-order valence-electron chi connectivity index (χ0n) is 15.9. The van der Waals surface area contributed by atoms with E-state index in [1.807, 2.05) is 41.0 Å². The second-order valence-corrected chi connectivity index (χ2v) is 7.49. The highest BCUT2D eigenvalue weighted by molar-refractivity contribution is 7.99. The van der Waals surface area contributed by atoms with Gasteiger partial charge in [-0.05, 0) is 42.5 Å². The third-order valence-electron chi connectivity index (χ3n) is 4.16. The Kier molecular flexibility index (Phi) is 6.06. The van der Waals surface area contributed by atoms with Gasteiger partial charge in [-0.2, -0.15) is 0 Å². The molecule has 0 unspecified atom stereocenters. The van der Waals surface area contributed by atoms with Crippen molar-refractivity contribution in [3.63, 3.8) is 0 Å². The van der Waals surface area contributed by atoms with Crippen molar-refractivity contribution >= 4 is 35.0 Å². The van der Waals surface area contributed by atoms with E-state index in [0.717, 1.165) is 5.69 Å². The Morgan fingerprint density at radius 1 is 1.17 bits per heavy atom. The first-order valence-electron chi connectivity index (χ1n) is 8.96. The van der Waals surface area contributed by atoms with E-state index in [1.54, 1.807) is 30.5 Å². The van der Waals surface area contributed by atoms with Crippen LogP contribution >= 0.6 is 23.4 Å². The number of benzene rings is 2. The summed E-state index contributed by atoms with van der Waals surface area (Å²) in [5.41, 5.74) is 1.46. The van der Waals surface area contributed by atoms with Crippen LogP contribution in [0.4, 0.5) is 5.69 Å². The number of ether oxygens (including phenoxy) is 1. The lowest BCUT2D eigenvalue weighted by Gasteiger charge is -2.10. The molecule has 0 aliphatic carbocycles. The van der Waals surface area contributed by atoms with Crippen LogP contribution in [0.25, 0.3) is 17.3 Å². The minimum absolute atomic E-state index is 0.146. The summed E-state index contributed by atoms with van der Waals surface area (Å²) >= 11 is 7.39. The number of aromatic nitrogens is 3. The van der Waals surface area contributed by atoms with Gasteiger partial charge in [-0.3, -0.25) is 9.36 Å². The molecule has 0 bridgehead atoms. The highest BCUT2D eigenvalue weighted by atomic mass is 35.5. The van der Waals surface area contributed by atoms with Crippen molar-refractivity contribution in [3.8, 4) is 23.0 Å². The van der Waals surface area contributed by atoms with Gasteiger partial charge in [0.1, 0.15) is 5.75 Å². The molecule has 152 valence electrons. The van der Waals surface area contributed by atoms with E-state index in [-0.39, 0.29) is 11.7 Å². The van der Waals surface area contributed by atoms with Crippen molar-refractivity contribution in [1.82, 2.24) is 14.8 Å². The van der Waals surface area contributed by atoms with Crippen molar-refractivity contribution in [2.24, 2.45) is 0 Å². The van der Waals surface area contributed by atoms with Gasteiger partial charge < -0.3 is 14.5 Å². The molecule has 30 heavy (non-hydrogen) atoms. The zero-order valence-corrected chi connectivity index (χ0v) is 17.5. The topological polar surface area (TPSA) is 82.2 Å². The lowest BCUT2D eigenvalue weighted by molar-refractivity contribution is -0.113. The van der Waals surface area contributed by atoms with Crippen LogP contribution in [-0.4, -0.2) is 33.5 Å². The largest absolute Gasteiger partial charge is 0.495 e. The van der Waals surface area contributed by atoms with Gasteiger partial charge in [0.2, 0.25) is 11.7 Å². The molecule has 0 atom stereocenters. The van der Waals surface area contributed by atoms with E-state index in [9.17, 15) is 4.79 Å². The lowest BCUT2D eigenvalue weighted by Crippen LogP contribution is -2.14. The number of hydrogen-bond donors (Lipinski definition) is 1. The fraction of sp³-hybridized carbons (Fsp3) is 0.0952. The molecule has 1 N–H and O–H groups in total. The molecule has 0 saturated heterocycles. The molecule has 4 rings (SSSR count). The minimum Gasteiger partial charge on any atom is -0.495 e. The summed E-state index contributed by atoms with van der Waals surface area (Å²) in [6.07, 6.45) is 1.58. The van der Waals surface area contributed by atoms with Crippen molar-refractivity contribution in [3.05, 3.63) is 71.9 Å². The first kappa shape index (κ1) is 20.1. The van der Waals surface area contributed by atoms with Crippen molar-refractivity contribution in [2.45, 2.75) is 5.16 Å². The molecule has 0 saturated carbocycles. The highest BCUT2D eigenvalue weighted by Crippen LogP contribution is 2.29. The maximum atomic E-state index is 12.5. The van der Waals surface area contributed by atoms with Crippen LogP contribution in [0.15, 0.2) is 76.5 Å². The molecule has 1 amide bonds. The Morgan fingerprint density at radius 2 is 2.00 bits per heavy atom. The van der Waals surface area contributed by atoms with Crippen LogP contribution in [0.2, 0.25) is 5.02 Å². The summed E-state index contributed by atoms with van der Waals surface area (Å²) in [6.45, 7) is 0. The molecule has 2 aromatic carbocycles. The number of hydrogen-bond acceptors (Lipinski definition) is 6. The minimum atomic E-state index is -0.191. The number of para-hydroxylation sites is 1. The molecule has 0 aliphatic rings. The van der Waals surface area contributed by atoms with Gasteiger partial charge in [0, 0.05) is 11.4 Å². The highest BCUT2D eigenvalue weighted by Gasteiger charge is 2.19. The summed E-state index contributed by atoms with van der Waals surface area (Å²) < 4.78 is 12.5. The van der Waals surface area contributed by atoms with E-state index < -0.39 is 0 Å². The van der Waals surface area contributed by atoms with Crippen LogP contribution in [0.5, 0.6) is 5.75 Å². The standard InChI is InChI=1S/C21H17ClN4O3S/c1-28-17-10-9-14(12-16(17)22)23-19(27)13-30-21-25-24-20(18-8-5-11-29-18)26(21)15-6-3-2-4-7-15/h2-12H,13H2,1H3,(H,23,27). The number of carbonyl (C=O) groups is 1. The molecular weight excluding hydrogens is 424 g/mol. The molecule has 0 aliphatic heterocycles. The maximum absolute atomic E-state index is 12.5. The summed E-state index contributed by atoms with van der Waals surface area (Å²) in [7, 11) is 1.54. The normalized spacial score (nSPS) is 10.7. The number of nitrogens with one attached hydrogen (secondary N) is 1.